The van der Waals surface area contributed by atoms with Gasteiger partial charge in [0.2, 0.25) is 5.43 Å². The molecule has 0 bridgehead atoms. The molecule has 22 heavy (non-hydrogen) atoms. The highest BCUT2D eigenvalue weighted by atomic mass is 79.9. The summed E-state index contributed by atoms with van der Waals surface area (Å²) in [6, 6.07) is 6.84. The molecule has 1 aromatic heterocycles. The number of hydrogen-bond donors (Lipinski definition) is 0. The number of nitrogens with zero attached hydrogens (tertiary/aromatic N) is 1. The molecule has 1 aliphatic carbocycles. The molecule has 1 heterocycles. The minimum Gasteiger partial charge on any atom is -0.362 e. The lowest BCUT2D eigenvalue weighted by Crippen LogP contribution is -2.43. The van der Waals surface area contributed by atoms with Crippen LogP contribution in [-0.2, 0) is 0 Å². The molecule has 1 aromatic carbocycles. The lowest BCUT2D eigenvalue weighted by atomic mass is 9.93. The Bertz CT molecular complexity index is 719. The van der Waals surface area contributed by atoms with Crippen LogP contribution in [0.1, 0.15) is 46.0 Å². The summed E-state index contributed by atoms with van der Waals surface area (Å²) in [6.45, 7) is 4.40. The quantitative estimate of drug-likeness (QED) is 0.694. The van der Waals surface area contributed by atoms with Gasteiger partial charge in [-0.15, -0.1) is 11.3 Å². The summed E-state index contributed by atoms with van der Waals surface area (Å²) < 4.78 is 2.03. The lowest BCUT2D eigenvalue weighted by Gasteiger charge is -2.38. The van der Waals surface area contributed by atoms with Crippen LogP contribution in [0, 0.1) is 0 Å². The van der Waals surface area contributed by atoms with Gasteiger partial charge in [0, 0.05) is 32.0 Å². The number of rotatable bonds is 3. The van der Waals surface area contributed by atoms with Crippen molar-refractivity contribution in [2.45, 2.75) is 58.0 Å². The van der Waals surface area contributed by atoms with E-state index < -0.39 is 0 Å². The van der Waals surface area contributed by atoms with Crippen molar-refractivity contribution in [3.05, 3.63) is 38.3 Å². The van der Waals surface area contributed by atoms with E-state index in [1.54, 1.807) is 11.3 Å². The Morgan fingerprint density at radius 2 is 1.95 bits per heavy atom. The molecular weight excluding hydrogens is 358 g/mol. The van der Waals surface area contributed by atoms with Crippen LogP contribution in [0.15, 0.2) is 32.8 Å². The Balaban J connectivity index is 2.09. The van der Waals surface area contributed by atoms with E-state index in [9.17, 15) is 4.79 Å². The van der Waals surface area contributed by atoms with Gasteiger partial charge in [-0.1, -0.05) is 35.2 Å². The van der Waals surface area contributed by atoms with Gasteiger partial charge in [-0.25, -0.2) is 0 Å². The summed E-state index contributed by atoms with van der Waals surface area (Å²) in [4.78, 5) is 15.4. The second-order valence-corrected chi connectivity index (χ2v) is 8.21. The van der Waals surface area contributed by atoms with Gasteiger partial charge in [0.15, 0.2) is 0 Å². The average Bonchev–Trinajstić information content (AvgIpc) is 2.51. The maximum absolute atomic E-state index is 13.0. The fourth-order valence-electron chi connectivity index (χ4n) is 3.53. The van der Waals surface area contributed by atoms with Gasteiger partial charge < -0.3 is 4.90 Å². The molecule has 0 atom stereocenters. The van der Waals surface area contributed by atoms with Crippen LogP contribution in [-0.4, -0.2) is 12.1 Å². The maximum Gasteiger partial charge on any atom is 0.211 e. The maximum atomic E-state index is 13.0. The normalized spacial score (nSPS) is 16.4. The smallest absolute Gasteiger partial charge is 0.211 e. The minimum absolute atomic E-state index is 0.175. The largest absolute Gasteiger partial charge is 0.362 e. The van der Waals surface area contributed by atoms with E-state index in [0.717, 1.165) is 20.2 Å². The average molecular weight is 380 g/mol. The SMILES string of the molecule is CC(C)N(c1csc2ccc(Br)cc2c1=O)C1CCCCC1. The predicted octanol–water partition coefficient (Wildman–Crippen LogP) is 5.57. The summed E-state index contributed by atoms with van der Waals surface area (Å²) in [5.74, 6) is 0. The van der Waals surface area contributed by atoms with Crippen molar-refractivity contribution in [1.82, 2.24) is 0 Å². The van der Waals surface area contributed by atoms with Gasteiger partial charge in [0.05, 0.1) is 5.69 Å². The number of anilines is 1. The van der Waals surface area contributed by atoms with Crippen molar-refractivity contribution < 1.29 is 0 Å². The Morgan fingerprint density at radius 3 is 2.64 bits per heavy atom. The molecule has 2 aromatic rings. The minimum atomic E-state index is 0.175. The molecule has 0 aliphatic heterocycles. The van der Waals surface area contributed by atoms with Crippen molar-refractivity contribution >= 4 is 43.0 Å². The van der Waals surface area contributed by atoms with Gasteiger partial charge in [0.1, 0.15) is 0 Å². The van der Waals surface area contributed by atoms with Crippen LogP contribution >= 0.6 is 27.3 Å². The third kappa shape index (κ3) is 3.09. The summed E-state index contributed by atoms with van der Waals surface area (Å²) in [6.07, 6.45) is 6.31. The molecule has 0 unspecified atom stereocenters. The number of hydrogen-bond acceptors (Lipinski definition) is 3. The van der Waals surface area contributed by atoms with Crippen LogP contribution in [0.2, 0.25) is 0 Å². The second-order valence-electron chi connectivity index (χ2n) is 6.38. The monoisotopic (exact) mass is 379 g/mol. The van der Waals surface area contributed by atoms with E-state index in [0.29, 0.717) is 12.1 Å². The van der Waals surface area contributed by atoms with Gasteiger partial charge >= 0.3 is 0 Å². The van der Waals surface area contributed by atoms with Gasteiger partial charge in [-0.3, -0.25) is 4.79 Å². The van der Waals surface area contributed by atoms with Crippen molar-refractivity contribution in [2.75, 3.05) is 4.90 Å². The fourth-order valence-corrected chi connectivity index (χ4v) is 4.78. The van der Waals surface area contributed by atoms with Crippen LogP contribution in [0.5, 0.6) is 0 Å². The van der Waals surface area contributed by atoms with Gasteiger partial charge in [-0.2, -0.15) is 0 Å². The molecule has 0 radical (unpaired) electrons. The zero-order chi connectivity index (χ0) is 15.7. The standard InChI is InChI=1S/C18H22BrNOS/c1-12(2)20(14-6-4-3-5-7-14)16-11-22-17-9-8-13(19)10-15(17)18(16)21/h8-12,14H,3-7H2,1-2H3. The predicted molar refractivity (Wildman–Crippen MR) is 100 cm³/mol. The first kappa shape index (κ1) is 16.0. The van der Waals surface area contributed by atoms with E-state index in [4.69, 9.17) is 0 Å². The van der Waals surface area contributed by atoms with E-state index >= 15 is 0 Å². The van der Waals surface area contributed by atoms with E-state index in [-0.39, 0.29) is 5.43 Å². The van der Waals surface area contributed by atoms with Crippen LogP contribution in [0.4, 0.5) is 5.69 Å². The second kappa shape index (κ2) is 6.71. The third-order valence-corrected chi connectivity index (χ3v) is 5.96. The Kier molecular flexibility index (Phi) is 4.88. The Labute approximate surface area is 144 Å². The van der Waals surface area contributed by atoms with E-state index in [1.807, 2.05) is 18.2 Å². The lowest BCUT2D eigenvalue weighted by molar-refractivity contribution is 0.398. The molecular formula is C18H22BrNOS. The molecule has 0 saturated heterocycles. The first-order valence-electron chi connectivity index (χ1n) is 8.07. The zero-order valence-electron chi connectivity index (χ0n) is 13.1. The highest BCUT2D eigenvalue weighted by molar-refractivity contribution is 9.10. The van der Waals surface area contributed by atoms with Crippen molar-refractivity contribution in [3.63, 3.8) is 0 Å². The summed E-state index contributed by atoms with van der Waals surface area (Å²) in [5.41, 5.74) is 1.06. The summed E-state index contributed by atoms with van der Waals surface area (Å²) in [5, 5.41) is 2.89. The molecule has 0 spiro atoms. The molecule has 3 rings (SSSR count). The number of benzene rings is 1. The Hall–Kier alpha value is -0.870. The van der Waals surface area contributed by atoms with Gasteiger partial charge in [0.25, 0.3) is 0 Å². The first-order chi connectivity index (χ1) is 10.6. The molecule has 118 valence electrons. The molecule has 0 amide bonds. The molecule has 4 heteroatoms. The zero-order valence-corrected chi connectivity index (χ0v) is 15.5. The third-order valence-electron chi connectivity index (χ3n) is 4.52. The van der Waals surface area contributed by atoms with E-state index in [1.165, 1.54) is 32.1 Å². The highest BCUT2D eigenvalue weighted by Gasteiger charge is 2.25. The van der Waals surface area contributed by atoms with Crippen molar-refractivity contribution in [3.8, 4) is 0 Å². The van der Waals surface area contributed by atoms with Crippen LogP contribution in [0.25, 0.3) is 10.1 Å². The molecule has 0 N–H and O–H groups in total. The topological polar surface area (TPSA) is 20.3 Å². The summed E-state index contributed by atoms with van der Waals surface area (Å²) in [7, 11) is 0. The molecule has 1 fully saturated rings. The Morgan fingerprint density at radius 1 is 1.23 bits per heavy atom. The van der Waals surface area contributed by atoms with Crippen LogP contribution < -0.4 is 10.3 Å². The molecule has 1 saturated carbocycles. The summed E-state index contributed by atoms with van der Waals surface area (Å²) >= 11 is 5.16. The molecule has 2 nitrogen and oxygen atoms in total. The fraction of sp³-hybridized carbons (Fsp3) is 0.500. The van der Waals surface area contributed by atoms with Gasteiger partial charge in [-0.05, 0) is 44.9 Å². The first-order valence-corrected chi connectivity index (χ1v) is 9.74. The van der Waals surface area contributed by atoms with E-state index in [2.05, 4.69) is 40.1 Å². The van der Waals surface area contributed by atoms with Crippen molar-refractivity contribution in [1.29, 1.82) is 0 Å². The van der Waals surface area contributed by atoms with Crippen LogP contribution in [0.3, 0.4) is 0 Å². The molecule has 1 aliphatic rings. The van der Waals surface area contributed by atoms with Crippen molar-refractivity contribution in [2.24, 2.45) is 0 Å². The number of fused-ring (bicyclic) bond motifs is 1. The number of halogens is 1. The highest BCUT2D eigenvalue weighted by Crippen LogP contribution is 2.30.